The minimum atomic E-state index is -0.523. The molecule has 0 aliphatic rings. The van der Waals surface area contributed by atoms with Crippen molar-refractivity contribution in [1.82, 2.24) is 0 Å². The molecular formula is C19H20N2O4. The fourth-order valence-electron chi connectivity index (χ4n) is 1.97. The summed E-state index contributed by atoms with van der Waals surface area (Å²) in [6.07, 6.45) is 2.70. The number of rotatable bonds is 8. The molecule has 0 radical (unpaired) electrons. The number of para-hydroxylation sites is 1. The fraction of sp³-hybridized carbons (Fsp3) is 0.158. The summed E-state index contributed by atoms with van der Waals surface area (Å²) in [5, 5.41) is 6.49. The molecule has 0 aromatic heterocycles. The van der Waals surface area contributed by atoms with Crippen LogP contribution in [0.15, 0.2) is 66.3 Å². The van der Waals surface area contributed by atoms with Gasteiger partial charge in [-0.1, -0.05) is 48.1 Å². The predicted octanol–water partition coefficient (Wildman–Crippen LogP) is 3.98. The second kappa shape index (κ2) is 9.77. The van der Waals surface area contributed by atoms with Crippen molar-refractivity contribution < 1.29 is 19.1 Å². The van der Waals surface area contributed by atoms with Crippen LogP contribution >= 0.6 is 0 Å². The van der Waals surface area contributed by atoms with E-state index in [1.807, 2.05) is 42.5 Å². The number of amides is 1. The van der Waals surface area contributed by atoms with E-state index in [1.165, 1.54) is 7.11 Å². The number of hydrogen-bond acceptors (Lipinski definition) is 5. The molecule has 2 aromatic carbocycles. The Bertz CT molecular complexity index is 744. The van der Waals surface area contributed by atoms with Crippen molar-refractivity contribution in [3.63, 3.8) is 0 Å². The van der Waals surface area contributed by atoms with Crippen molar-refractivity contribution in [3.05, 3.63) is 72.3 Å². The highest BCUT2D eigenvalue weighted by molar-refractivity contribution is 5.85. The van der Waals surface area contributed by atoms with Gasteiger partial charge in [0.1, 0.15) is 19.0 Å². The summed E-state index contributed by atoms with van der Waals surface area (Å²) in [4.78, 5) is 16.4. The molecule has 0 fully saturated rings. The Hall–Kier alpha value is -3.28. The molecule has 0 unspecified atom stereocenters. The minimum Gasteiger partial charge on any atom is -0.489 e. The summed E-state index contributed by atoms with van der Waals surface area (Å²) in [5.74, 6) is 0.681. The van der Waals surface area contributed by atoms with Gasteiger partial charge in [0, 0.05) is 5.56 Å². The number of benzene rings is 2. The third-order valence-corrected chi connectivity index (χ3v) is 3.16. The number of methoxy groups -OCH3 is 1. The van der Waals surface area contributed by atoms with Gasteiger partial charge in [-0.2, -0.15) is 0 Å². The SMILES string of the molecule is C=CCON=Cc1cccc(OCc2ccccc2NC(=O)OC)c1. The lowest BCUT2D eigenvalue weighted by Gasteiger charge is -2.12. The molecule has 6 nitrogen and oxygen atoms in total. The van der Waals surface area contributed by atoms with Crippen molar-refractivity contribution in [2.45, 2.75) is 6.61 Å². The summed E-state index contributed by atoms with van der Waals surface area (Å²) >= 11 is 0. The molecule has 2 rings (SSSR count). The first-order valence-corrected chi connectivity index (χ1v) is 7.65. The third-order valence-electron chi connectivity index (χ3n) is 3.16. The first kappa shape index (κ1) is 18.1. The maximum Gasteiger partial charge on any atom is 0.411 e. The maximum atomic E-state index is 11.4. The number of carbonyl (C=O) groups is 1. The van der Waals surface area contributed by atoms with Crippen LogP contribution in [0.3, 0.4) is 0 Å². The molecule has 1 N–H and O–H groups in total. The summed E-state index contributed by atoms with van der Waals surface area (Å²) in [7, 11) is 1.32. The van der Waals surface area contributed by atoms with Gasteiger partial charge in [0.05, 0.1) is 19.0 Å². The van der Waals surface area contributed by atoms with E-state index in [2.05, 4.69) is 21.8 Å². The molecule has 0 atom stereocenters. The highest BCUT2D eigenvalue weighted by Gasteiger charge is 2.07. The Morgan fingerprint density at radius 1 is 1.24 bits per heavy atom. The molecule has 0 spiro atoms. The van der Waals surface area contributed by atoms with Gasteiger partial charge in [-0.25, -0.2) is 4.79 Å². The summed E-state index contributed by atoms with van der Waals surface area (Å²) < 4.78 is 10.4. The number of ether oxygens (including phenoxy) is 2. The Balaban J connectivity index is 2.01. The van der Waals surface area contributed by atoms with E-state index in [-0.39, 0.29) is 0 Å². The van der Waals surface area contributed by atoms with Crippen molar-refractivity contribution in [2.24, 2.45) is 5.16 Å². The zero-order chi connectivity index (χ0) is 17.9. The fourth-order valence-corrected chi connectivity index (χ4v) is 1.97. The van der Waals surface area contributed by atoms with E-state index >= 15 is 0 Å². The summed E-state index contributed by atoms with van der Waals surface area (Å²) in [6.45, 7) is 4.21. The zero-order valence-corrected chi connectivity index (χ0v) is 14.0. The molecule has 6 heteroatoms. The van der Waals surface area contributed by atoms with Crippen LogP contribution in [0.4, 0.5) is 10.5 Å². The van der Waals surface area contributed by atoms with Crippen molar-refractivity contribution >= 4 is 18.0 Å². The lowest BCUT2D eigenvalue weighted by atomic mass is 10.2. The van der Waals surface area contributed by atoms with Gasteiger partial charge in [-0.3, -0.25) is 5.32 Å². The topological polar surface area (TPSA) is 69.2 Å². The molecule has 0 saturated heterocycles. The van der Waals surface area contributed by atoms with E-state index in [9.17, 15) is 4.79 Å². The zero-order valence-electron chi connectivity index (χ0n) is 14.0. The van der Waals surface area contributed by atoms with Crippen LogP contribution < -0.4 is 10.1 Å². The average molecular weight is 340 g/mol. The molecule has 0 bridgehead atoms. The third kappa shape index (κ3) is 6.02. The monoisotopic (exact) mass is 340 g/mol. The molecular weight excluding hydrogens is 320 g/mol. The van der Waals surface area contributed by atoms with E-state index < -0.39 is 6.09 Å². The molecule has 130 valence electrons. The summed E-state index contributed by atoms with van der Waals surface area (Å²) in [5.41, 5.74) is 2.33. The largest absolute Gasteiger partial charge is 0.489 e. The van der Waals surface area contributed by atoms with Gasteiger partial charge in [0.25, 0.3) is 0 Å². The van der Waals surface area contributed by atoms with Gasteiger partial charge >= 0.3 is 6.09 Å². The Morgan fingerprint density at radius 2 is 2.08 bits per heavy atom. The van der Waals surface area contributed by atoms with E-state index in [0.29, 0.717) is 24.7 Å². The smallest absolute Gasteiger partial charge is 0.411 e. The molecule has 0 heterocycles. The Kier molecular flexibility index (Phi) is 7.06. The van der Waals surface area contributed by atoms with Crippen LogP contribution in [0.1, 0.15) is 11.1 Å². The van der Waals surface area contributed by atoms with Crippen molar-refractivity contribution in [1.29, 1.82) is 0 Å². The molecule has 0 aliphatic carbocycles. The molecule has 25 heavy (non-hydrogen) atoms. The lowest BCUT2D eigenvalue weighted by Crippen LogP contribution is -2.13. The van der Waals surface area contributed by atoms with Crippen LogP contribution in [0.5, 0.6) is 5.75 Å². The Labute approximate surface area is 146 Å². The second-order valence-corrected chi connectivity index (χ2v) is 4.95. The quantitative estimate of drug-likeness (QED) is 0.341. The van der Waals surface area contributed by atoms with Crippen molar-refractivity contribution in [2.75, 3.05) is 19.0 Å². The second-order valence-electron chi connectivity index (χ2n) is 4.95. The number of nitrogens with zero attached hydrogens (tertiary/aromatic N) is 1. The Morgan fingerprint density at radius 3 is 2.88 bits per heavy atom. The normalized spacial score (nSPS) is 10.3. The number of hydrogen-bond donors (Lipinski definition) is 1. The van der Waals surface area contributed by atoms with E-state index in [0.717, 1.165) is 11.1 Å². The first-order valence-electron chi connectivity index (χ1n) is 7.65. The van der Waals surface area contributed by atoms with Crippen LogP contribution in [-0.2, 0) is 16.2 Å². The van der Waals surface area contributed by atoms with Gasteiger partial charge in [0.2, 0.25) is 0 Å². The van der Waals surface area contributed by atoms with Gasteiger partial charge in [0.15, 0.2) is 0 Å². The highest BCUT2D eigenvalue weighted by Crippen LogP contribution is 2.19. The molecule has 0 saturated carbocycles. The number of nitrogens with one attached hydrogen (secondary N) is 1. The van der Waals surface area contributed by atoms with Gasteiger partial charge < -0.3 is 14.3 Å². The minimum absolute atomic E-state index is 0.299. The lowest BCUT2D eigenvalue weighted by molar-refractivity contribution is 0.176. The standard InChI is InChI=1S/C19H20N2O4/c1-3-11-25-20-13-15-7-6-9-17(12-15)24-14-16-8-4-5-10-18(16)21-19(22)23-2/h3-10,12-13H,1,11,14H2,2H3,(H,21,22). The molecule has 2 aromatic rings. The average Bonchev–Trinajstić information content (AvgIpc) is 2.65. The van der Waals surface area contributed by atoms with E-state index in [4.69, 9.17) is 9.57 Å². The van der Waals surface area contributed by atoms with Crippen molar-refractivity contribution in [3.8, 4) is 5.75 Å². The van der Waals surface area contributed by atoms with Crippen LogP contribution in [0.25, 0.3) is 0 Å². The van der Waals surface area contributed by atoms with Gasteiger partial charge in [-0.15, -0.1) is 0 Å². The van der Waals surface area contributed by atoms with E-state index in [1.54, 1.807) is 18.4 Å². The summed E-state index contributed by atoms with van der Waals surface area (Å²) in [6, 6.07) is 14.8. The molecule has 0 aliphatic heterocycles. The number of oxime groups is 1. The predicted molar refractivity (Wildman–Crippen MR) is 97.0 cm³/mol. The maximum absolute atomic E-state index is 11.4. The van der Waals surface area contributed by atoms with Gasteiger partial charge in [-0.05, 0) is 23.8 Å². The van der Waals surface area contributed by atoms with Crippen LogP contribution in [0, 0.1) is 0 Å². The van der Waals surface area contributed by atoms with Crippen LogP contribution in [0.2, 0.25) is 0 Å². The number of anilines is 1. The van der Waals surface area contributed by atoms with Crippen LogP contribution in [-0.4, -0.2) is 26.0 Å². The highest BCUT2D eigenvalue weighted by atomic mass is 16.6. The molecule has 1 amide bonds. The number of carbonyl (C=O) groups excluding carboxylic acids is 1. The first-order chi connectivity index (χ1) is 12.2.